The van der Waals surface area contributed by atoms with Gasteiger partial charge in [-0.05, 0) is 37.6 Å². The number of nitrogens with one attached hydrogen (secondary N) is 1. The molecule has 1 aliphatic rings. The molecule has 2 heterocycles. The number of aromatic nitrogens is 1. The third-order valence-electron chi connectivity index (χ3n) is 4.24. The fraction of sp³-hybridized carbons (Fsp3) is 0.438. The van der Waals surface area contributed by atoms with E-state index in [4.69, 9.17) is 10.5 Å². The van der Waals surface area contributed by atoms with Crippen molar-refractivity contribution >= 4 is 16.8 Å². The Morgan fingerprint density at radius 3 is 3.05 bits per heavy atom. The number of amides is 1. The summed E-state index contributed by atoms with van der Waals surface area (Å²) in [4.78, 5) is 17.8. The lowest BCUT2D eigenvalue weighted by molar-refractivity contribution is -0.0167. The fourth-order valence-electron chi connectivity index (χ4n) is 2.82. The number of aromatic amines is 1. The molecule has 1 aromatic heterocycles. The maximum Gasteiger partial charge on any atom is 0.254 e. The summed E-state index contributed by atoms with van der Waals surface area (Å²) < 4.78 is 5.51. The highest BCUT2D eigenvalue weighted by atomic mass is 16.5. The minimum Gasteiger partial charge on any atom is -0.373 e. The molecule has 2 aromatic rings. The van der Waals surface area contributed by atoms with Crippen LogP contribution in [0.4, 0.5) is 0 Å². The average molecular weight is 287 g/mol. The second-order valence-electron chi connectivity index (χ2n) is 5.62. The number of morpholine rings is 1. The average Bonchev–Trinajstić information content (AvgIpc) is 2.81. The second kappa shape index (κ2) is 5.50. The Morgan fingerprint density at radius 1 is 1.48 bits per heavy atom. The van der Waals surface area contributed by atoms with Gasteiger partial charge in [-0.1, -0.05) is 0 Å². The number of hydrogen-bond acceptors (Lipinski definition) is 3. The van der Waals surface area contributed by atoms with Crippen molar-refractivity contribution in [2.45, 2.75) is 20.0 Å². The molecule has 5 nitrogen and oxygen atoms in total. The monoisotopic (exact) mass is 287 g/mol. The molecular formula is C16H21N3O2. The van der Waals surface area contributed by atoms with Gasteiger partial charge in [-0.25, -0.2) is 0 Å². The molecule has 0 bridgehead atoms. The van der Waals surface area contributed by atoms with Crippen molar-refractivity contribution in [1.29, 1.82) is 0 Å². The molecule has 1 saturated heterocycles. The third kappa shape index (κ3) is 2.54. The highest BCUT2D eigenvalue weighted by Gasteiger charge is 2.24. The zero-order valence-corrected chi connectivity index (χ0v) is 12.5. The predicted octanol–water partition coefficient (Wildman–Crippen LogP) is 1.58. The number of rotatable bonds is 2. The zero-order chi connectivity index (χ0) is 15.0. The van der Waals surface area contributed by atoms with E-state index in [-0.39, 0.29) is 12.0 Å². The fourth-order valence-corrected chi connectivity index (χ4v) is 2.82. The van der Waals surface area contributed by atoms with E-state index in [1.165, 1.54) is 5.56 Å². The Balaban J connectivity index is 1.89. The Morgan fingerprint density at radius 2 is 2.29 bits per heavy atom. The van der Waals surface area contributed by atoms with Gasteiger partial charge in [0.1, 0.15) is 0 Å². The maximum atomic E-state index is 12.6. The van der Waals surface area contributed by atoms with Crippen LogP contribution in [-0.2, 0) is 4.74 Å². The van der Waals surface area contributed by atoms with Crippen molar-refractivity contribution in [1.82, 2.24) is 9.88 Å². The van der Waals surface area contributed by atoms with Crippen LogP contribution in [0, 0.1) is 13.8 Å². The van der Waals surface area contributed by atoms with Crippen LogP contribution in [0.2, 0.25) is 0 Å². The number of aryl methyl sites for hydroxylation is 2. The molecule has 1 atom stereocenters. The van der Waals surface area contributed by atoms with Crippen molar-refractivity contribution in [2.75, 3.05) is 26.2 Å². The summed E-state index contributed by atoms with van der Waals surface area (Å²) in [5, 5.41) is 1.11. The Labute approximate surface area is 124 Å². The molecule has 1 amide bonds. The van der Waals surface area contributed by atoms with Gasteiger partial charge < -0.3 is 20.4 Å². The van der Waals surface area contributed by atoms with Crippen LogP contribution in [0.25, 0.3) is 10.9 Å². The van der Waals surface area contributed by atoms with E-state index in [9.17, 15) is 4.79 Å². The third-order valence-corrected chi connectivity index (χ3v) is 4.24. The molecular weight excluding hydrogens is 266 g/mol. The quantitative estimate of drug-likeness (QED) is 0.881. The maximum absolute atomic E-state index is 12.6. The van der Waals surface area contributed by atoms with Gasteiger partial charge in [0.15, 0.2) is 0 Å². The van der Waals surface area contributed by atoms with Crippen LogP contribution in [0.3, 0.4) is 0 Å². The van der Waals surface area contributed by atoms with Crippen LogP contribution in [0.5, 0.6) is 0 Å². The number of nitrogens with two attached hydrogens (primary N) is 1. The van der Waals surface area contributed by atoms with Crippen LogP contribution >= 0.6 is 0 Å². The molecule has 21 heavy (non-hydrogen) atoms. The molecule has 0 saturated carbocycles. The van der Waals surface area contributed by atoms with Gasteiger partial charge >= 0.3 is 0 Å². The molecule has 3 rings (SSSR count). The summed E-state index contributed by atoms with van der Waals surface area (Å²) >= 11 is 0. The Bertz CT molecular complexity index is 677. The minimum absolute atomic E-state index is 0.0527. The number of hydrogen-bond donors (Lipinski definition) is 2. The summed E-state index contributed by atoms with van der Waals surface area (Å²) in [7, 11) is 0. The van der Waals surface area contributed by atoms with Crippen LogP contribution in [0.15, 0.2) is 18.2 Å². The first-order valence-corrected chi connectivity index (χ1v) is 7.30. The van der Waals surface area contributed by atoms with Crippen molar-refractivity contribution in [2.24, 2.45) is 5.73 Å². The summed E-state index contributed by atoms with van der Waals surface area (Å²) in [6.45, 7) is 6.31. The number of nitrogens with zero attached hydrogens (tertiary/aromatic N) is 1. The lowest BCUT2D eigenvalue weighted by Gasteiger charge is -2.32. The lowest BCUT2D eigenvalue weighted by Crippen LogP contribution is -2.48. The molecule has 5 heteroatoms. The number of benzene rings is 1. The zero-order valence-electron chi connectivity index (χ0n) is 12.5. The minimum atomic E-state index is -0.0531. The standard InChI is InChI=1S/C16H21N3O2/c1-10-11(2)18-15-4-3-12(7-14(10)15)16(20)19-5-6-21-13(8-17)9-19/h3-4,7,13,18H,5-6,8-9,17H2,1-2H3. The lowest BCUT2D eigenvalue weighted by atomic mass is 10.1. The molecule has 3 N–H and O–H groups in total. The van der Waals surface area contributed by atoms with Gasteiger partial charge in [0.05, 0.1) is 12.7 Å². The summed E-state index contributed by atoms with van der Waals surface area (Å²) in [6, 6.07) is 5.83. The van der Waals surface area contributed by atoms with Gasteiger partial charge in [-0.2, -0.15) is 0 Å². The van der Waals surface area contributed by atoms with Gasteiger partial charge in [0.25, 0.3) is 5.91 Å². The molecule has 0 aliphatic carbocycles. The highest BCUT2D eigenvalue weighted by molar-refractivity contribution is 5.99. The number of carbonyl (C=O) groups is 1. The number of H-pyrrole nitrogens is 1. The molecule has 1 unspecified atom stereocenters. The van der Waals surface area contributed by atoms with Crippen LogP contribution in [-0.4, -0.2) is 48.1 Å². The molecule has 0 radical (unpaired) electrons. The molecule has 1 aliphatic heterocycles. The van der Waals surface area contributed by atoms with Crippen molar-refractivity contribution in [3.63, 3.8) is 0 Å². The normalized spacial score (nSPS) is 19.2. The van der Waals surface area contributed by atoms with Crippen LogP contribution < -0.4 is 5.73 Å². The first-order valence-electron chi connectivity index (χ1n) is 7.30. The highest BCUT2D eigenvalue weighted by Crippen LogP contribution is 2.23. The molecule has 0 spiro atoms. The van der Waals surface area contributed by atoms with E-state index in [2.05, 4.69) is 11.9 Å². The van der Waals surface area contributed by atoms with Crippen molar-refractivity contribution in [3.05, 3.63) is 35.0 Å². The van der Waals surface area contributed by atoms with Crippen LogP contribution in [0.1, 0.15) is 21.6 Å². The van der Waals surface area contributed by atoms with E-state index >= 15 is 0 Å². The van der Waals surface area contributed by atoms with E-state index in [1.54, 1.807) is 0 Å². The van der Waals surface area contributed by atoms with E-state index in [0.29, 0.717) is 26.2 Å². The van der Waals surface area contributed by atoms with E-state index in [0.717, 1.165) is 22.2 Å². The smallest absolute Gasteiger partial charge is 0.254 e. The van der Waals surface area contributed by atoms with Gasteiger partial charge in [-0.3, -0.25) is 4.79 Å². The van der Waals surface area contributed by atoms with Gasteiger partial charge in [0, 0.05) is 41.8 Å². The molecule has 1 fully saturated rings. The Kier molecular flexibility index (Phi) is 3.69. The van der Waals surface area contributed by atoms with Gasteiger partial charge in [0.2, 0.25) is 0 Å². The van der Waals surface area contributed by atoms with Crippen molar-refractivity contribution in [3.8, 4) is 0 Å². The summed E-state index contributed by atoms with van der Waals surface area (Å²) in [5.74, 6) is 0.0527. The first-order chi connectivity index (χ1) is 10.1. The summed E-state index contributed by atoms with van der Waals surface area (Å²) in [5.41, 5.74) is 9.77. The molecule has 112 valence electrons. The topological polar surface area (TPSA) is 71.3 Å². The summed E-state index contributed by atoms with van der Waals surface area (Å²) in [6.07, 6.45) is -0.0531. The van der Waals surface area contributed by atoms with E-state index in [1.807, 2.05) is 30.0 Å². The Hall–Kier alpha value is -1.85. The van der Waals surface area contributed by atoms with E-state index < -0.39 is 0 Å². The second-order valence-corrected chi connectivity index (χ2v) is 5.62. The predicted molar refractivity (Wildman–Crippen MR) is 82.5 cm³/mol. The first kappa shape index (κ1) is 14.1. The number of fused-ring (bicyclic) bond motifs is 1. The largest absolute Gasteiger partial charge is 0.373 e. The number of ether oxygens (including phenoxy) is 1. The SMILES string of the molecule is Cc1[nH]c2ccc(C(=O)N3CCOC(CN)C3)cc2c1C. The van der Waals surface area contributed by atoms with Gasteiger partial charge in [-0.15, -0.1) is 0 Å². The number of carbonyl (C=O) groups excluding carboxylic acids is 1. The molecule has 1 aromatic carbocycles. The van der Waals surface area contributed by atoms with Crippen molar-refractivity contribution < 1.29 is 9.53 Å².